The average molecular weight is 523 g/mol. The second kappa shape index (κ2) is 8.76. The van der Waals surface area contributed by atoms with Gasteiger partial charge in [-0.2, -0.15) is 0 Å². The first-order chi connectivity index (χ1) is 18.5. The number of aliphatic hydroxyl groups is 1. The molecule has 0 bridgehead atoms. The highest BCUT2D eigenvalue weighted by Crippen LogP contribution is 2.65. The first-order valence-corrected chi connectivity index (χ1v) is 13.8. The van der Waals surface area contributed by atoms with Gasteiger partial charge in [0.05, 0.1) is 20.8 Å². The molecule has 6 rings (SSSR count). The molecule has 202 valence electrons. The van der Waals surface area contributed by atoms with Crippen LogP contribution in [0.4, 0.5) is 0 Å². The standard InChI is InChI=1S/C35H38O4/c1-33(2)18-34(3,4)20-35(19-33)28-10-8-7-9-24(28)32-27-14-26(23-12-11-22(38-5)13-21(23)17-36)31(39-6)15-25(27)30(37)16-29(32)35/h7-16,36-37H,17-20H2,1-6H3. The van der Waals surface area contributed by atoms with Crippen LogP contribution >= 0.6 is 0 Å². The molecule has 2 aliphatic rings. The highest BCUT2D eigenvalue weighted by molar-refractivity contribution is 6.08. The van der Waals surface area contributed by atoms with E-state index in [1.54, 1.807) is 14.2 Å². The minimum absolute atomic E-state index is 0.123. The van der Waals surface area contributed by atoms with Crippen molar-refractivity contribution in [2.45, 2.75) is 59.0 Å². The average Bonchev–Trinajstić information content (AvgIpc) is 3.14. The summed E-state index contributed by atoms with van der Waals surface area (Å²) in [6, 6.07) is 20.7. The Morgan fingerprint density at radius 3 is 2.10 bits per heavy atom. The number of aliphatic hydroxyl groups excluding tert-OH is 1. The Kier molecular flexibility index (Phi) is 5.78. The van der Waals surface area contributed by atoms with E-state index in [1.165, 1.54) is 28.7 Å². The van der Waals surface area contributed by atoms with Crippen LogP contribution in [0, 0.1) is 10.8 Å². The van der Waals surface area contributed by atoms with E-state index in [9.17, 15) is 10.2 Å². The Hall–Kier alpha value is -3.50. The molecule has 0 saturated heterocycles. The van der Waals surface area contributed by atoms with Crippen molar-refractivity contribution in [1.82, 2.24) is 0 Å². The van der Waals surface area contributed by atoms with Crippen molar-refractivity contribution in [3.8, 4) is 39.5 Å². The normalized spacial score (nSPS) is 18.1. The minimum Gasteiger partial charge on any atom is -0.507 e. The van der Waals surface area contributed by atoms with Gasteiger partial charge in [-0.15, -0.1) is 0 Å². The van der Waals surface area contributed by atoms with Gasteiger partial charge in [0.25, 0.3) is 0 Å². The molecule has 2 N–H and O–H groups in total. The molecule has 4 aromatic rings. The molecular weight excluding hydrogens is 484 g/mol. The fourth-order valence-electron chi connectivity index (χ4n) is 8.33. The number of phenols is 1. The number of benzene rings is 4. The molecule has 2 aliphatic carbocycles. The van der Waals surface area contributed by atoms with Gasteiger partial charge in [-0.25, -0.2) is 0 Å². The molecule has 1 spiro atoms. The molecule has 0 unspecified atom stereocenters. The van der Waals surface area contributed by atoms with E-state index >= 15 is 0 Å². The number of hydrogen-bond donors (Lipinski definition) is 2. The maximum absolute atomic E-state index is 11.5. The van der Waals surface area contributed by atoms with Gasteiger partial charge in [-0.05, 0) is 99.2 Å². The summed E-state index contributed by atoms with van der Waals surface area (Å²) in [5, 5.41) is 23.5. The van der Waals surface area contributed by atoms with Crippen LogP contribution < -0.4 is 9.47 Å². The second-order valence-electron chi connectivity index (χ2n) is 13.1. The lowest BCUT2D eigenvalue weighted by Gasteiger charge is -2.51. The fourth-order valence-corrected chi connectivity index (χ4v) is 8.33. The number of aromatic hydroxyl groups is 1. The predicted octanol–water partition coefficient (Wildman–Crippen LogP) is 8.22. The highest BCUT2D eigenvalue weighted by Gasteiger charge is 2.53. The zero-order valence-electron chi connectivity index (χ0n) is 23.8. The van der Waals surface area contributed by atoms with E-state index in [-0.39, 0.29) is 28.6 Å². The summed E-state index contributed by atoms with van der Waals surface area (Å²) < 4.78 is 11.3. The number of ether oxygens (including phenoxy) is 2. The van der Waals surface area contributed by atoms with Gasteiger partial charge in [0.1, 0.15) is 17.2 Å². The largest absolute Gasteiger partial charge is 0.507 e. The van der Waals surface area contributed by atoms with Crippen LogP contribution in [0.2, 0.25) is 0 Å². The van der Waals surface area contributed by atoms with Crippen LogP contribution in [-0.2, 0) is 12.0 Å². The minimum atomic E-state index is -0.167. The summed E-state index contributed by atoms with van der Waals surface area (Å²) in [7, 11) is 3.27. The van der Waals surface area contributed by atoms with Gasteiger partial charge in [-0.3, -0.25) is 0 Å². The number of hydrogen-bond acceptors (Lipinski definition) is 4. The molecule has 0 heterocycles. The Labute approximate surface area is 231 Å². The van der Waals surface area contributed by atoms with Crippen molar-refractivity contribution in [2.75, 3.05) is 14.2 Å². The second-order valence-corrected chi connectivity index (χ2v) is 13.1. The Bertz CT molecular complexity index is 1600. The van der Waals surface area contributed by atoms with Gasteiger partial charge in [0.2, 0.25) is 0 Å². The molecule has 0 amide bonds. The van der Waals surface area contributed by atoms with E-state index in [2.05, 4.69) is 58.0 Å². The summed E-state index contributed by atoms with van der Waals surface area (Å²) >= 11 is 0. The predicted molar refractivity (Wildman–Crippen MR) is 158 cm³/mol. The van der Waals surface area contributed by atoms with Gasteiger partial charge < -0.3 is 19.7 Å². The third kappa shape index (κ3) is 3.91. The molecule has 4 nitrogen and oxygen atoms in total. The van der Waals surface area contributed by atoms with Crippen molar-refractivity contribution >= 4 is 10.8 Å². The van der Waals surface area contributed by atoms with Gasteiger partial charge >= 0.3 is 0 Å². The monoisotopic (exact) mass is 522 g/mol. The van der Waals surface area contributed by atoms with Crippen molar-refractivity contribution in [1.29, 1.82) is 0 Å². The van der Waals surface area contributed by atoms with Crippen molar-refractivity contribution in [2.24, 2.45) is 10.8 Å². The number of rotatable bonds is 4. The van der Waals surface area contributed by atoms with Crippen LogP contribution in [0.15, 0.2) is 60.7 Å². The number of phenolic OH excluding ortho intramolecular Hbond substituents is 1. The van der Waals surface area contributed by atoms with Gasteiger partial charge in [0.15, 0.2) is 0 Å². The fraction of sp³-hybridized carbons (Fsp3) is 0.371. The molecule has 4 heteroatoms. The molecule has 1 saturated carbocycles. The highest BCUT2D eigenvalue weighted by atomic mass is 16.5. The van der Waals surface area contributed by atoms with E-state index in [4.69, 9.17) is 9.47 Å². The Morgan fingerprint density at radius 2 is 1.44 bits per heavy atom. The SMILES string of the molecule is COc1ccc(-c2cc3c4c(cc(O)c3cc2OC)C2(CC(C)(C)CC(C)(C)C2)c2ccccc2-4)c(CO)c1. The van der Waals surface area contributed by atoms with E-state index in [0.717, 1.165) is 40.3 Å². The molecule has 1 fully saturated rings. The van der Waals surface area contributed by atoms with Crippen LogP contribution in [0.25, 0.3) is 33.0 Å². The maximum Gasteiger partial charge on any atom is 0.127 e. The van der Waals surface area contributed by atoms with Crippen LogP contribution in [0.3, 0.4) is 0 Å². The number of methoxy groups -OCH3 is 2. The Balaban J connectivity index is 1.70. The molecule has 39 heavy (non-hydrogen) atoms. The molecule has 0 aromatic heterocycles. The summed E-state index contributed by atoms with van der Waals surface area (Å²) in [4.78, 5) is 0. The van der Waals surface area contributed by atoms with Crippen molar-refractivity contribution in [3.05, 3.63) is 77.4 Å². The van der Waals surface area contributed by atoms with Crippen molar-refractivity contribution in [3.63, 3.8) is 0 Å². The van der Waals surface area contributed by atoms with Crippen LogP contribution in [-0.4, -0.2) is 24.4 Å². The molecule has 0 radical (unpaired) electrons. The summed E-state index contributed by atoms with van der Waals surface area (Å²) in [6.45, 7) is 9.43. The van der Waals surface area contributed by atoms with E-state index in [0.29, 0.717) is 11.5 Å². The quantitative estimate of drug-likeness (QED) is 0.283. The lowest BCUT2D eigenvalue weighted by atomic mass is 9.52. The Morgan fingerprint density at radius 1 is 0.718 bits per heavy atom. The summed E-state index contributed by atoms with van der Waals surface area (Å²) in [5.74, 6) is 1.62. The van der Waals surface area contributed by atoms with Crippen LogP contribution in [0.1, 0.15) is 63.6 Å². The van der Waals surface area contributed by atoms with E-state index in [1.807, 2.05) is 30.3 Å². The molecule has 0 atom stereocenters. The smallest absolute Gasteiger partial charge is 0.127 e. The third-order valence-corrected chi connectivity index (χ3v) is 8.95. The van der Waals surface area contributed by atoms with Gasteiger partial charge in [-0.1, -0.05) is 58.0 Å². The lowest BCUT2D eigenvalue weighted by molar-refractivity contribution is 0.0645. The first kappa shape index (κ1) is 25.8. The van der Waals surface area contributed by atoms with E-state index < -0.39 is 0 Å². The first-order valence-electron chi connectivity index (χ1n) is 13.8. The molecule has 4 aromatic carbocycles. The molecular formula is C35H38O4. The van der Waals surface area contributed by atoms with Crippen LogP contribution in [0.5, 0.6) is 17.2 Å². The van der Waals surface area contributed by atoms with Crippen molar-refractivity contribution < 1.29 is 19.7 Å². The zero-order chi connectivity index (χ0) is 27.7. The molecule has 0 aliphatic heterocycles. The zero-order valence-corrected chi connectivity index (χ0v) is 23.8. The van der Waals surface area contributed by atoms with Gasteiger partial charge in [0, 0.05) is 16.4 Å². The topological polar surface area (TPSA) is 58.9 Å². The maximum atomic E-state index is 11.5. The number of fused-ring (bicyclic) bond motifs is 7. The summed E-state index contributed by atoms with van der Waals surface area (Å²) in [6.07, 6.45) is 3.24. The third-order valence-electron chi connectivity index (χ3n) is 8.95. The lowest BCUT2D eigenvalue weighted by Crippen LogP contribution is -2.43. The summed E-state index contributed by atoms with van der Waals surface area (Å²) in [5.41, 5.74) is 7.72.